The summed E-state index contributed by atoms with van der Waals surface area (Å²) in [6, 6.07) is 0. The molecule has 4 N–H and O–H groups in total. The fourth-order valence-electron chi connectivity index (χ4n) is 9.56. The fourth-order valence-corrected chi connectivity index (χ4v) is 9.56. The van der Waals surface area contributed by atoms with Gasteiger partial charge >= 0.3 is 11.9 Å². The van der Waals surface area contributed by atoms with Crippen molar-refractivity contribution in [1.82, 2.24) is 0 Å². The SMILES string of the molecule is CC1CC(C2CC(C)C(C3CCC(C(=O)O)C(O)C3)CC2C)C(C)CC1C1CCC(C(=O)O)C(O)C1. The van der Waals surface area contributed by atoms with Crippen molar-refractivity contribution in [1.29, 1.82) is 0 Å². The van der Waals surface area contributed by atoms with Gasteiger partial charge in [-0.05, 0) is 123 Å². The topological polar surface area (TPSA) is 115 Å². The van der Waals surface area contributed by atoms with Gasteiger partial charge in [0.1, 0.15) is 0 Å². The van der Waals surface area contributed by atoms with Crippen LogP contribution < -0.4 is 0 Å². The van der Waals surface area contributed by atoms with E-state index in [0.29, 0.717) is 84.9 Å². The molecule has 0 bridgehead atoms. The van der Waals surface area contributed by atoms with E-state index >= 15 is 0 Å². The van der Waals surface area contributed by atoms with Crippen LogP contribution >= 0.6 is 0 Å². The molecule has 36 heavy (non-hydrogen) atoms. The maximum Gasteiger partial charge on any atom is 0.309 e. The quantitative estimate of drug-likeness (QED) is 0.402. The minimum absolute atomic E-state index is 0.438. The van der Waals surface area contributed by atoms with E-state index in [1.165, 1.54) is 25.7 Å². The third-order valence-corrected chi connectivity index (χ3v) is 11.6. The Morgan fingerprint density at radius 3 is 1.11 bits per heavy atom. The molecule has 0 aromatic carbocycles. The van der Waals surface area contributed by atoms with Crippen LogP contribution in [0.4, 0.5) is 0 Å². The van der Waals surface area contributed by atoms with Crippen molar-refractivity contribution in [3.8, 4) is 0 Å². The molecule has 0 saturated heterocycles. The fraction of sp³-hybridized carbons (Fsp3) is 0.933. The van der Waals surface area contributed by atoms with E-state index < -0.39 is 36.0 Å². The zero-order chi connectivity index (χ0) is 26.3. The Hall–Kier alpha value is -1.14. The lowest BCUT2D eigenvalue weighted by molar-refractivity contribution is -0.150. The smallest absolute Gasteiger partial charge is 0.309 e. The molecule has 14 atom stereocenters. The van der Waals surface area contributed by atoms with Crippen LogP contribution in [0.15, 0.2) is 0 Å². The predicted molar refractivity (Wildman–Crippen MR) is 138 cm³/mol. The van der Waals surface area contributed by atoms with Crippen molar-refractivity contribution in [3.05, 3.63) is 0 Å². The summed E-state index contributed by atoms with van der Waals surface area (Å²) in [5.41, 5.74) is 0. The molecule has 0 aliphatic heterocycles. The number of carboxylic acids is 2. The van der Waals surface area contributed by atoms with Gasteiger partial charge < -0.3 is 20.4 Å². The van der Waals surface area contributed by atoms with Crippen molar-refractivity contribution in [2.75, 3.05) is 0 Å². The maximum atomic E-state index is 11.4. The molecule has 0 aromatic rings. The Morgan fingerprint density at radius 1 is 0.500 bits per heavy atom. The van der Waals surface area contributed by atoms with Crippen molar-refractivity contribution < 1.29 is 30.0 Å². The number of aliphatic carboxylic acids is 2. The lowest BCUT2D eigenvalue weighted by Crippen LogP contribution is -2.45. The van der Waals surface area contributed by atoms with Gasteiger partial charge in [-0.15, -0.1) is 0 Å². The largest absolute Gasteiger partial charge is 0.481 e. The number of rotatable bonds is 5. The van der Waals surface area contributed by atoms with E-state index in [1.807, 2.05) is 0 Å². The van der Waals surface area contributed by atoms with Crippen LogP contribution in [0.3, 0.4) is 0 Å². The number of hydrogen-bond acceptors (Lipinski definition) is 4. The molecule has 4 saturated carbocycles. The first-order chi connectivity index (χ1) is 17.0. The molecule has 206 valence electrons. The zero-order valence-corrected chi connectivity index (χ0v) is 22.8. The summed E-state index contributed by atoms with van der Waals surface area (Å²) in [6.07, 6.45) is 7.75. The van der Waals surface area contributed by atoms with E-state index in [4.69, 9.17) is 0 Å². The van der Waals surface area contributed by atoms with Gasteiger partial charge in [-0.1, -0.05) is 27.7 Å². The van der Waals surface area contributed by atoms with Gasteiger partial charge in [0.05, 0.1) is 24.0 Å². The van der Waals surface area contributed by atoms with E-state index in [2.05, 4.69) is 27.7 Å². The van der Waals surface area contributed by atoms with E-state index in [0.717, 1.165) is 12.8 Å². The summed E-state index contributed by atoms with van der Waals surface area (Å²) in [7, 11) is 0. The average molecular weight is 507 g/mol. The first-order valence-corrected chi connectivity index (χ1v) is 14.8. The Morgan fingerprint density at radius 2 is 0.806 bits per heavy atom. The summed E-state index contributed by atoms with van der Waals surface area (Å²) in [6.45, 7) is 9.63. The van der Waals surface area contributed by atoms with Crippen LogP contribution in [0.5, 0.6) is 0 Å². The number of carbonyl (C=O) groups is 2. The van der Waals surface area contributed by atoms with Crippen LogP contribution in [0.2, 0.25) is 0 Å². The summed E-state index contributed by atoms with van der Waals surface area (Å²) >= 11 is 0. The molecule has 0 spiro atoms. The average Bonchev–Trinajstić information content (AvgIpc) is 2.81. The molecule has 0 aromatic heterocycles. The molecule has 14 unspecified atom stereocenters. The van der Waals surface area contributed by atoms with Crippen LogP contribution in [0, 0.1) is 71.0 Å². The van der Waals surface area contributed by atoms with Crippen molar-refractivity contribution in [3.63, 3.8) is 0 Å². The second kappa shape index (κ2) is 11.3. The predicted octanol–water partition coefficient (Wildman–Crippen LogP) is 5.31. The second-order valence-corrected chi connectivity index (χ2v) is 13.7. The highest BCUT2D eigenvalue weighted by Crippen LogP contribution is 2.54. The molecule has 4 fully saturated rings. The van der Waals surface area contributed by atoms with Gasteiger partial charge in [0, 0.05) is 0 Å². The lowest BCUT2D eigenvalue weighted by atomic mass is 9.54. The molecule has 0 heterocycles. The van der Waals surface area contributed by atoms with Gasteiger partial charge in [-0.25, -0.2) is 0 Å². The third kappa shape index (κ3) is 5.65. The summed E-state index contributed by atoms with van der Waals surface area (Å²) in [5, 5.41) is 39.7. The van der Waals surface area contributed by atoms with Crippen LogP contribution in [-0.2, 0) is 9.59 Å². The molecular formula is C30H50O6. The van der Waals surface area contributed by atoms with Gasteiger partial charge in [0.2, 0.25) is 0 Å². The van der Waals surface area contributed by atoms with Gasteiger partial charge in [0.15, 0.2) is 0 Å². The highest BCUT2D eigenvalue weighted by Gasteiger charge is 2.47. The molecule has 6 nitrogen and oxygen atoms in total. The number of carboxylic acid groups (broad SMARTS) is 2. The number of hydrogen-bond donors (Lipinski definition) is 4. The molecule has 0 amide bonds. The Kier molecular flexibility index (Phi) is 8.76. The first kappa shape index (κ1) is 27.9. The minimum Gasteiger partial charge on any atom is -0.481 e. The molecule has 6 heteroatoms. The minimum atomic E-state index is -0.853. The van der Waals surface area contributed by atoms with Crippen molar-refractivity contribution in [2.45, 2.75) is 104 Å². The molecule has 0 radical (unpaired) electrons. The zero-order valence-electron chi connectivity index (χ0n) is 22.8. The molecular weight excluding hydrogens is 456 g/mol. The van der Waals surface area contributed by atoms with Crippen molar-refractivity contribution >= 4 is 11.9 Å². The first-order valence-electron chi connectivity index (χ1n) is 14.8. The van der Waals surface area contributed by atoms with Crippen LogP contribution in [0.25, 0.3) is 0 Å². The van der Waals surface area contributed by atoms with Gasteiger partial charge in [-0.2, -0.15) is 0 Å². The molecule has 4 rings (SSSR count). The lowest BCUT2D eigenvalue weighted by Gasteiger charge is -2.52. The summed E-state index contributed by atoms with van der Waals surface area (Å²) in [5.74, 6) is 3.06. The molecule has 4 aliphatic rings. The highest BCUT2D eigenvalue weighted by atomic mass is 16.4. The van der Waals surface area contributed by atoms with Gasteiger partial charge in [-0.3, -0.25) is 9.59 Å². The van der Waals surface area contributed by atoms with E-state index in [1.54, 1.807) is 0 Å². The summed E-state index contributed by atoms with van der Waals surface area (Å²) < 4.78 is 0. The maximum absolute atomic E-state index is 11.4. The Labute approximate surface area is 217 Å². The second-order valence-electron chi connectivity index (χ2n) is 13.7. The molecule has 4 aliphatic carbocycles. The van der Waals surface area contributed by atoms with Crippen LogP contribution in [-0.4, -0.2) is 44.6 Å². The number of aliphatic hydroxyl groups excluding tert-OH is 2. The third-order valence-electron chi connectivity index (χ3n) is 11.6. The Balaban J connectivity index is 1.35. The van der Waals surface area contributed by atoms with Crippen molar-refractivity contribution in [2.24, 2.45) is 71.0 Å². The Bertz CT molecular complexity index is 719. The number of aliphatic hydroxyl groups is 2. The van der Waals surface area contributed by atoms with E-state index in [-0.39, 0.29) is 0 Å². The summed E-state index contributed by atoms with van der Waals surface area (Å²) in [4.78, 5) is 22.8. The highest BCUT2D eigenvalue weighted by molar-refractivity contribution is 5.71. The monoisotopic (exact) mass is 506 g/mol. The van der Waals surface area contributed by atoms with E-state index in [9.17, 15) is 30.0 Å². The van der Waals surface area contributed by atoms with Crippen LogP contribution in [0.1, 0.15) is 91.9 Å². The normalized spacial score (nSPS) is 50.4. The standard InChI is InChI=1S/C30H50O6/c1-15-11-25(17(3)9-23(15)19-5-7-21(29(33)34)27(31)13-19)26-12-16(2)24(10-18(26)4)20-6-8-22(30(35)36)28(32)14-20/h15-28,31-32H,5-14H2,1-4H3,(H,33,34)(H,35,36). The van der Waals surface area contributed by atoms with Gasteiger partial charge in [0.25, 0.3) is 0 Å².